The highest BCUT2D eigenvalue weighted by atomic mass is 32.1. The number of carbonyl (C=O) groups excluding carboxylic acids is 2. The van der Waals surface area contributed by atoms with Crippen molar-refractivity contribution in [2.24, 2.45) is 4.99 Å². The molecule has 0 fully saturated rings. The quantitative estimate of drug-likeness (QED) is 0.469. The summed E-state index contributed by atoms with van der Waals surface area (Å²) in [7, 11) is 1.31. The van der Waals surface area contributed by atoms with Crippen LogP contribution in [0.5, 0.6) is 5.75 Å². The Labute approximate surface area is 222 Å². The van der Waals surface area contributed by atoms with E-state index in [2.05, 4.69) is 4.99 Å². The highest BCUT2D eigenvalue weighted by Gasteiger charge is 2.33. The maximum absolute atomic E-state index is 13.8. The summed E-state index contributed by atoms with van der Waals surface area (Å²) in [5.41, 5.74) is 3.27. The van der Waals surface area contributed by atoms with E-state index < -0.39 is 18.0 Å². The second-order valence-electron chi connectivity index (χ2n) is 8.86. The van der Waals surface area contributed by atoms with Crippen LogP contribution in [0.15, 0.2) is 75.2 Å². The number of esters is 2. The van der Waals surface area contributed by atoms with Crippen LogP contribution in [0, 0.1) is 0 Å². The van der Waals surface area contributed by atoms with Gasteiger partial charge in [0, 0.05) is 5.56 Å². The standard InChI is InChI=1S/C29H26N2O6S/c1-5-36-28(34)24-16(2)30-29-31(25(24)18-10-12-19(13-11-18)27(33)35-4)26(32)23(38-29)15-21-14-20-8-6-7-9-22(20)37-17(21)3/h6-15,17,25H,5H2,1-4H3/b23-15-/t17-,25-/m0/s1. The number of aromatic nitrogens is 1. The zero-order valence-corrected chi connectivity index (χ0v) is 22.2. The van der Waals surface area contributed by atoms with Gasteiger partial charge in [0.25, 0.3) is 5.56 Å². The molecule has 9 heteroatoms. The molecule has 0 N–H and O–H groups in total. The first-order valence-electron chi connectivity index (χ1n) is 12.2. The molecule has 2 aliphatic rings. The summed E-state index contributed by atoms with van der Waals surface area (Å²) in [5, 5.41) is 0. The second kappa shape index (κ2) is 10.3. The lowest BCUT2D eigenvalue weighted by Gasteiger charge is -2.24. The Morgan fingerprint density at radius 2 is 1.87 bits per heavy atom. The number of nitrogens with zero attached hydrogens (tertiary/aromatic N) is 2. The molecule has 0 radical (unpaired) electrons. The molecular weight excluding hydrogens is 504 g/mol. The van der Waals surface area contributed by atoms with Crippen molar-refractivity contribution in [2.45, 2.75) is 32.9 Å². The van der Waals surface area contributed by atoms with E-state index in [1.54, 1.807) is 38.1 Å². The predicted molar refractivity (Wildman–Crippen MR) is 144 cm³/mol. The van der Waals surface area contributed by atoms with Gasteiger partial charge in [-0.2, -0.15) is 0 Å². The summed E-state index contributed by atoms with van der Waals surface area (Å²) < 4.78 is 18.2. The molecule has 2 aliphatic heterocycles. The van der Waals surface area contributed by atoms with Crippen molar-refractivity contribution in [2.75, 3.05) is 13.7 Å². The topological polar surface area (TPSA) is 96.2 Å². The summed E-state index contributed by atoms with van der Waals surface area (Å²) >= 11 is 1.25. The monoisotopic (exact) mass is 530 g/mol. The fourth-order valence-electron chi connectivity index (χ4n) is 4.60. The number of allylic oxidation sites excluding steroid dienone is 1. The zero-order valence-electron chi connectivity index (χ0n) is 21.4. The van der Waals surface area contributed by atoms with Crippen LogP contribution in [0.3, 0.4) is 0 Å². The minimum absolute atomic E-state index is 0.182. The Morgan fingerprint density at radius 1 is 1.13 bits per heavy atom. The van der Waals surface area contributed by atoms with Gasteiger partial charge in [-0.3, -0.25) is 9.36 Å². The molecule has 1 aromatic heterocycles. The van der Waals surface area contributed by atoms with E-state index >= 15 is 0 Å². The summed E-state index contributed by atoms with van der Waals surface area (Å²) in [6, 6.07) is 13.6. The van der Waals surface area contributed by atoms with Crippen molar-refractivity contribution in [3.05, 3.63) is 102 Å². The van der Waals surface area contributed by atoms with Crippen LogP contribution >= 0.6 is 11.3 Å². The maximum atomic E-state index is 13.8. The van der Waals surface area contributed by atoms with Crippen molar-refractivity contribution in [3.63, 3.8) is 0 Å². The minimum atomic E-state index is -0.770. The molecule has 8 nitrogen and oxygen atoms in total. The first-order valence-corrected chi connectivity index (χ1v) is 13.0. The van der Waals surface area contributed by atoms with E-state index in [4.69, 9.17) is 14.2 Å². The van der Waals surface area contributed by atoms with Crippen molar-refractivity contribution in [3.8, 4) is 5.75 Å². The molecule has 0 bridgehead atoms. The van der Waals surface area contributed by atoms with Crippen molar-refractivity contribution in [1.82, 2.24) is 4.57 Å². The van der Waals surface area contributed by atoms with Crippen LogP contribution in [0.25, 0.3) is 12.2 Å². The third kappa shape index (κ3) is 4.50. The number of rotatable bonds is 5. The van der Waals surface area contributed by atoms with Crippen LogP contribution in [0.2, 0.25) is 0 Å². The van der Waals surface area contributed by atoms with E-state index in [0.29, 0.717) is 26.2 Å². The molecule has 0 unspecified atom stereocenters. The molecule has 0 aliphatic carbocycles. The van der Waals surface area contributed by atoms with Gasteiger partial charge in [0.1, 0.15) is 11.9 Å². The second-order valence-corrected chi connectivity index (χ2v) is 9.87. The van der Waals surface area contributed by atoms with Gasteiger partial charge in [0.2, 0.25) is 0 Å². The molecule has 38 heavy (non-hydrogen) atoms. The van der Waals surface area contributed by atoms with Crippen molar-refractivity contribution in [1.29, 1.82) is 0 Å². The van der Waals surface area contributed by atoms with Crippen LogP contribution < -0.4 is 19.6 Å². The largest absolute Gasteiger partial charge is 0.485 e. The van der Waals surface area contributed by atoms with Gasteiger partial charge in [-0.25, -0.2) is 14.6 Å². The Bertz CT molecular complexity index is 1680. The summed E-state index contributed by atoms with van der Waals surface area (Å²) in [6.45, 7) is 5.57. The molecule has 194 valence electrons. The molecule has 0 saturated heterocycles. The van der Waals surface area contributed by atoms with Gasteiger partial charge in [-0.15, -0.1) is 0 Å². The first-order chi connectivity index (χ1) is 18.3. The van der Waals surface area contributed by atoms with E-state index in [1.165, 1.54) is 23.0 Å². The normalized spacial score (nSPS) is 18.5. The molecule has 5 rings (SSSR count). The first kappa shape index (κ1) is 25.4. The predicted octanol–water partition coefficient (Wildman–Crippen LogP) is 3.40. The number of thiazole rings is 1. The number of fused-ring (bicyclic) bond motifs is 2. The number of hydrogen-bond acceptors (Lipinski definition) is 8. The number of para-hydroxylation sites is 1. The SMILES string of the molecule is CCOC(=O)C1=C(C)N=c2s/c(=C\C3=Cc4ccccc4O[C@H]3C)c(=O)n2[C@H]1c1ccc(C(=O)OC)cc1. The van der Waals surface area contributed by atoms with E-state index in [0.717, 1.165) is 16.9 Å². The van der Waals surface area contributed by atoms with Crippen molar-refractivity contribution >= 4 is 35.4 Å². The lowest BCUT2D eigenvalue weighted by atomic mass is 9.95. The van der Waals surface area contributed by atoms with Crippen LogP contribution in [0.4, 0.5) is 0 Å². The lowest BCUT2D eigenvalue weighted by molar-refractivity contribution is -0.139. The van der Waals surface area contributed by atoms with Gasteiger partial charge in [0.15, 0.2) is 4.80 Å². The number of methoxy groups -OCH3 is 1. The van der Waals surface area contributed by atoms with E-state index in [1.807, 2.05) is 43.3 Å². The lowest BCUT2D eigenvalue weighted by Crippen LogP contribution is -2.40. The minimum Gasteiger partial charge on any atom is -0.485 e. The Balaban J connectivity index is 1.67. The molecule has 2 atom stereocenters. The van der Waals surface area contributed by atoms with E-state index in [9.17, 15) is 14.4 Å². The van der Waals surface area contributed by atoms with Gasteiger partial charge in [-0.1, -0.05) is 41.7 Å². The fraction of sp³-hybridized carbons (Fsp3) is 0.241. The van der Waals surface area contributed by atoms with Gasteiger partial charge in [0.05, 0.1) is 41.1 Å². The number of benzene rings is 2. The average molecular weight is 531 g/mol. The number of carbonyl (C=O) groups is 2. The Kier molecular flexibility index (Phi) is 6.86. The van der Waals surface area contributed by atoms with Crippen LogP contribution in [-0.4, -0.2) is 36.3 Å². The van der Waals surface area contributed by atoms with Gasteiger partial charge >= 0.3 is 11.9 Å². The maximum Gasteiger partial charge on any atom is 0.338 e. The molecule has 2 aromatic carbocycles. The van der Waals surface area contributed by atoms with Gasteiger partial charge in [-0.05, 0) is 62.3 Å². The average Bonchev–Trinajstić information content (AvgIpc) is 3.22. The van der Waals surface area contributed by atoms with E-state index in [-0.39, 0.29) is 23.8 Å². The molecular formula is C29H26N2O6S. The van der Waals surface area contributed by atoms with Crippen molar-refractivity contribution < 1.29 is 23.8 Å². The third-order valence-corrected chi connectivity index (χ3v) is 7.46. The third-order valence-electron chi connectivity index (χ3n) is 6.48. The van der Waals surface area contributed by atoms with Gasteiger partial charge < -0.3 is 14.2 Å². The van der Waals surface area contributed by atoms with Crippen LogP contribution in [0.1, 0.15) is 48.3 Å². The molecule has 3 aromatic rings. The Morgan fingerprint density at radius 3 is 2.58 bits per heavy atom. The molecule has 0 spiro atoms. The highest BCUT2D eigenvalue weighted by Crippen LogP contribution is 2.32. The smallest absolute Gasteiger partial charge is 0.338 e. The molecule has 0 amide bonds. The number of ether oxygens (including phenoxy) is 3. The molecule has 0 saturated carbocycles. The Hall–Kier alpha value is -4.24. The summed E-state index contributed by atoms with van der Waals surface area (Å²) in [5.74, 6) is -0.223. The zero-order chi connectivity index (χ0) is 27.0. The summed E-state index contributed by atoms with van der Waals surface area (Å²) in [4.78, 5) is 43.9. The number of hydrogen-bond donors (Lipinski definition) is 0. The molecule has 3 heterocycles. The van der Waals surface area contributed by atoms with Crippen LogP contribution in [-0.2, 0) is 14.3 Å². The fourth-order valence-corrected chi connectivity index (χ4v) is 5.65. The summed E-state index contributed by atoms with van der Waals surface area (Å²) in [6.07, 6.45) is 3.59. The highest BCUT2D eigenvalue weighted by molar-refractivity contribution is 7.07.